The molecule has 0 bridgehead atoms. The molecule has 0 aliphatic heterocycles. The molecule has 9 heteroatoms. The number of thiophene rings is 1. The number of fused-ring (bicyclic) bond motifs is 4. The predicted molar refractivity (Wildman–Crippen MR) is 105 cm³/mol. The number of H-pyrrole nitrogens is 2. The zero-order chi connectivity index (χ0) is 20.3. The molecule has 1 atom stereocenters. The van der Waals surface area contributed by atoms with Crippen LogP contribution in [-0.2, 0) is 19.0 Å². The summed E-state index contributed by atoms with van der Waals surface area (Å²) in [7, 11) is 0. The molecule has 1 aliphatic rings. The van der Waals surface area contributed by atoms with Crippen molar-refractivity contribution in [1.29, 1.82) is 0 Å². The lowest BCUT2D eigenvalue weighted by atomic mass is 9.80. The van der Waals surface area contributed by atoms with Crippen molar-refractivity contribution < 1.29 is 13.2 Å². The first-order valence-corrected chi connectivity index (χ1v) is 9.87. The van der Waals surface area contributed by atoms with Crippen LogP contribution in [0.2, 0.25) is 0 Å². The number of benzene rings is 1. The van der Waals surface area contributed by atoms with Gasteiger partial charge in [-0.05, 0) is 36.3 Å². The van der Waals surface area contributed by atoms with Crippen molar-refractivity contribution in [1.82, 2.24) is 15.0 Å². The van der Waals surface area contributed by atoms with Gasteiger partial charge < -0.3 is 4.98 Å². The van der Waals surface area contributed by atoms with Crippen LogP contribution in [0.15, 0.2) is 39.9 Å². The SMILES string of the molecule is O=c1[nH]c(=O)c2sc3nc4c(c(C(F)(F)F)c3c2[nH]1)C[C@H](c1ccccc1)CC4. The average molecular weight is 417 g/mol. The second kappa shape index (κ2) is 6.28. The Morgan fingerprint density at radius 3 is 2.59 bits per heavy atom. The van der Waals surface area contributed by atoms with Gasteiger partial charge in [-0.2, -0.15) is 13.2 Å². The Labute approximate surface area is 165 Å². The third-order valence-corrected chi connectivity index (χ3v) is 6.52. The molecule has 0 unspecified atom stereocenters. The van der Waals surface area contributed by atoms with E-state index >= 15 is 0 Å². The fourth-order valence-electron chi connectivity index (χ4n) is 4.21. The molecule has 4 aromatic rings. The quantitative estimate of drug-likeness (QED) is 0.489. The number of aryl methyl sites for hydroxylation is 1. The lowest BCUT2D eigenvalue weighted by Crippen LogP contribution is -2.22. The van der Waals surface area contributed by atoms with Gasteiger partial charge in [0.15, 0.2) is 0 Å². The third kappa shape index (κ3) is 2.88. The maximum Gasteiger partial charge on any atom is 0.417 e. The van der Waals surface area contributed by atoms with Crippen LogP contribution < -0.4 is 11.2 Å². The molecular weight excluding hydrogens is 403 g/mol. The van der Waals surface area contributed by atoms with E-state index in [2.05, 4.69) is 15.0 Å². The van der Waals surface area contributed by atoms with E-state index < -0.39 is 23.0 Å². The van der Waals surface area contributed by atoms with E-state index in [-0.39, 0.29) is 38.3 Å². The molecule has 3 aromatic heterocycles. The minimum absolute atomic E-state index is 0.0413. The Bertz CT molecular complexity index is 1370. The van der Waals surface area contributed by atoms with Crippen LogP contribution in [0.3, 0.4) is 0 Å². The fourth-order valence-corrected chi connectivity index (χ4v) is 5.26. The molecule has 148 valence electrons. The lowest BCUT2D eigenvalue weighted by Gasteiger charge is -2.27. The summed E-state index contributed by atoms with van der Waals surface area (Å²) < 4.78 is 42.8. The topological polar surface area (TPSA) is 78.6 Å². The largest absolute Gasteiger partial charge is 0.417 e. The van der Waals surface area contributed by atoms with Gasteiger partial charge in [0.05, 0.1) is 11.1 Å². The number of rotatable bonds is 1. The summed E-state index contributed by atoms with van der Waals surface area (Å²) >= 11 is 0.872. The molecule has 0 saturated carbocycles. The maximum absolute atomic E-state index is 14.2. The van der Waals surface area contributed by atoms with Crippen molar-refractivity contribution >= 4 is 31.8 Å². The van der Waals surface area contributed by atoms with Crippen LogP contribution in [0.1, 0.15) is 34.7 Å². The van der Waals surface area contributed by atoms with Crippen molar-refractivity contribution in [2.75, 3.05) is 0 Å². The van der Waals surface area contributed by atoms with Gasteiger partial charge >= 0.3 is 11.9 Å². The standard InChI is InChI=1S/C20H14F3N3O2S/c21-20(22,23)14-11-8-10(9-4-2-1-3-5-9)6-7-12(11)24-18-13(14)15-16(29-18)17(27)26-19(28)25-15/h1-5,10H,6-8H2,(H2,25,26,27,28)/t10-/m1/s1. The molecule has 1 aliphatic carbocycles. The first-order chi connectivity index (χ1) is 13.8. The summed E-state index contributed by atoms with van der Waals surface area (Å²) in [6, 6.07) is 9.47. The van der Waals surface area contributed by atoms with Crippen LogP contribution in [-0.4, -0.2) is 15.0 Å². The van der Waals surface area contributed by atoms with Gasteiger partial charge in [-0.3, -0.25) is 9.78 Å². The number of alkyl halides is 3. The summed E-state index contributed by atoms with van der Waals surface area (Å²) in [5.41, 5.74) is -0.858. The first-order valence-electron chi connectivity index (χ1n) is 9.05. The fraction of sp³-hybridized carbons (Fsp3) is 0.250. The zero-order valence-electron chi connectivity index (χ0n) is 14.9. The number of nitrogens with one attached hydrogen (secondary N) is 2. The molecule has 3 heterocycles. The Morgan fingerprint density at radius 1 is 1.10 bits per heavy atom. The van der Waals surface area contributed by atoms with E-state index in [0.717, 1.165) is 16.9 Å². The number of hydrogen-bond acceptors (Lipinski definition) is 4. The van der Waals surface area contributed by atoms with Crippen molar-refractivity contribution in [3.8, 4) is 0 Å². The summed E-state index contributed by atoms with van der Waals surface area (Å²) in [4.78, 5) is 32.9. The highest BCUT2D eigenvalue weighted by molar-refractivity contribution is 7.25. The number of hydrogen-bond donors (Lipinski definition) is 2. The summed E-state index contributed by atoms with van der Waals surface area (Å²) in [6.07, 6.45) is -3.30. The first kappa shape index (κ1) is 18.1. The molecule has 0 spiro atoms. The minimum atomic E-state index is -4.64. The van der Waals surface area contributed by atoms with Crippen molar-refractivity contribution in [2.45, 2.75) is 31.4 Å². The van der Waals surface area contributed by atoms with Gasteiger partial charge in [0.1, 0.15) is 9.53 Å². The second-order valence-corrected chi connectivity index (χ2v) is 8.15. The van der Waals surface area contributed by atoms with Crippen molar-refractivity contribution in [3.05, 3.63) is 73.6 Å². The molecule has 0 fully saturated rings. The van der Waals surface area contributed by atoms with E-state index in [0.29, 0.717) is 18.5 Å². The van der Waals surface area contributed by atoms with Gasteiger partial charge in [0.25, 0.3) is 5.56 Å². The predicted octanol–water partition coefficient (Wildman–Crippen LogP) is 4.12. The number of nitrogens with zero attached hydrogens (tertiary/aromatic N) is 1. The number of halogens is 3. The van der Waals surface area contributed by atoms with Gasteiger partial charge in [-0.15, -0.1) is 11.3 Å². The molecule has 5 rings (SSSR count). The Hall–Kier alpha value is -2.94. The maximum atomic E-state index is 14.2. The van der Waals surface area contributed by atoms with E-state index in [1.807, 2.05) is 30.3 Å². The molecule has 2 N–H and O–H groups in total. The minimum Gasteiger partial charge on any atom is -0.305 e. The Balaban J connectivity index is 1.83. The summed E-state index contributed by atoms with van der Waals surface area (Å²) in [6.45, 7) is 0. The van der Waals surface area contributed by atoms with E-state index in [4.69, 9.17) is 0 Å². The highest BCUT2D eigenvalue weighted by atomic mass is 32.1. The highest BCUT2D eigenvalue weighted by Crippen LogP contribution is 2.46. The van der Waals surface area contributed by atoms with Gasteiger partial charge in [-0.25, -0.2) is 9.78 Å². The summed E-state index contributed by atoms with van der Waals surface area (Å²) in [5.74, 6) is -0.0450. The number of pyridine rings is 1. The van der Waals surface area contributed by atoms with Crippen molar-refractivity contribution in [3.63, 3.8) is 0 Å². The zero-order valence-corrected chi connectivity index (χ0v) is 15.7. The van der Waals surface area contributed by atoms with Crippen LogP contribution in [0.5, 0.6) is 0 Å². The van der Waals surface area contributed by atoms with E-state index in [1.165, 1.54) is 0 Å². The van der Waals surface area contributed by atoms with Crippen LogP contribution in [0.4, 0.5) is 13.2 Å². The van der Waals surface area contributed by atoms with Gasteiger partial charge in [0, 0.05) is 11.1 Å². The molecular formula is C20H14F3N3O2S. The molecule has 0 saturated heterocycles. The normalized spacial score (nSPS) is 17.0. The van der Waals surface area contributed by atoms with E-state index in [9.17, 15) is 22.8 Å². The van der Waals surface area contributed by atoms with Gasteiger partial charge in [-0.1, -0.05) is 30.3 Å². The molecule has 29 heavy (non-hydrogen) atoms. The molecule has 1 aromatic carbocycles. The third-order valence-electron chi connectivity index (χ3n) is 5.43. The average Bonchev–Trinajstić information content (AvgIpc) is 3.03. The molecule has 0 amide bonds. The second-order valence-electron chi connectivity index (χ2n) is 7.15. The van der Waals surface area contributed by atoms with Crippen LogP contribution in [0, 0.1) is 0 Å². The smallest absolute Gasteiger partial charge is 0.305 e. The number of aromatic amines is 2. The van der Waals surface area contributed by atoms with Crippen LogP contribution in [0.25, 0.3) is 20.4 Å². The lowest BCUT2D eigenvalue weighted by molar-refractivity contribution is -0.137. The number of aromatic nitrogens is 3. The molecule has 0 radical (unpaired) electrons. The van der Waals surface area contributed by atoms with Gasteiger partial charge in [0.2, 0.25) is 0 Å². The highest BCUT2D eigenvalue weighted by Gasteiger charge is 2.40. The van der Waals surface area contributed by atoms with Crippen LogP contribution >= 0.6 is 11.3 Å². The monoisotopic (exact) mass is 417 g/mol. The summed E-state index contributed by atoms with van der Waals surface area (Å²) in [5, 5.41) is -0.187. The Morgan fingerprint density at radius 2 is 1.86 bits per heavy atom. The van der Waals surface area contributed by atoms with E-state index in [1.54, 1.807) is 0 Å². The molecule has 5 nitrogen and oxygen atoms in total. The Kier molecular flexibility index (Phi) is 3.92. The van der Waals surface area contributed by atoms with Crippen molar-refractivity contribution in [2.24, 2.45) is 0 Å².